The van der Waals surface area contributed by atoms with E-state index in [2.05, 4.69) is 15.2 Å². The summed E-state index contributed by atoms with van der Waals surface area (Å²) >= 11 is 5.88. The molecule has 18 heavy (non-hydrogen) atoms. The normalized spacial score (nSPS) is 16.9. The summed E-state index contributed by atoms with van der Waals surface area (Å²) < 4.78 is 0. The van der Waals surface area contributed by atoms with Gasteiger partial charge in [0.1, 0.15) is 5.82 Å². The van der Waals surface area contributed by atoms with Gasteiger partial charge < -0.3 is 0 Å². The van der Waals surface area contributed by atoms with E-state index >= 15 is 0 Å². The molecule has 0 aliphatic heterocycles. The van der Waals surface area contributed by atoms with Gasteiger partial charge in [0, 0.05) is 16.5 Å². The largest absolute Gasteiger partial charge is 0.262 e. The summed E-state index contributed by atoms with van der Waals surface area (Å²) in [6, 6.07) is 7.65. The van der Waals surface area contributed by atoms with Gasteiger partial charge in [-0.15, -0.1) is 0 Å². The highest BCUT2D eigenvalue weighted by Gasteiger charge is 2.19. The van der Waals surface area contributed by atoms with Crippen LogP contribution < -0.4 is 0 Å². The molecule has 0 radical (unpaired) electrons. The zero-order valence-corrected chi connectivity index (χ0v) is 11.0. The van der Waals surface area contributed by atoms with E-state index in [4.69, 9.17) is 11.6 Å². The molecule has 1 N–H and O–H groups in total. The number of nitrogens with zero attached hydrogens (tertiary/aromatic N) is 2. The Morgan fingerprint density at radius 3 is 2.50 bits per heavy atom. The molecule has 3 rings (SSSR count). The van der Waals surface area contributed by atoms with Crippen LogP contribution in [0.3, 0.4) is 0 Å². The van der Waals surface area contributed by atoms with E-state index in [-0.39, 0.29) is 0 Å². The third-order valence-electron chi connectivity index (χ3n) is 3.60. The minimum atomic E-state index is 0.562. The molecule has 1 aromatic carbocycles. The molecular formula is C14H16ClN3. The first-order chi connectivity index (χ1) is 8.83. The number of H-pyrrole nitrogens is 1. The second-order valence-electron chi connectivity index (χ2n) is 4.89. The maximum Gasteiger partial charge on any atom is 0.181 e. The number of rotatable bonds is 2. The summed E-state index contributed by atoms with van der Waals surface area (Å²) in [5.41, 5.74) is 1.01. The number of benzene rings is 1. The van der Waals surface area contributed by atoms with E-state index in [9.17, 15) is 0 Å². The summed E-state index contributed by atoms with van der Waals surface area (Å²) in [6.45, 7) is 0. The molecule has 1 saturated carbocycles. The van der Waals surface area contributed by atoms with Crippen LogP contribution in [0, 0.1) is 0 Å². The van der Waals surface area contributed by atoms with Crippen molar-refractivity contribution >= 4 is 11.6 Å². The van der Waals surface area contributed by atoms with Crippen LogP contribution in [-0.2, 0) is 0 Å². The second kappa shape index (κ2) is 5.11. The summed E-state index contributed by atoms with van der Waals surface area (Å²) in [6.07, 6.45) is 6.43. The lowest BCUT2D eigenvalue weighted by Crippen LogP contribution is -2.06. The van der Waals surface area contributed by atoms with E-state index in [1.807, 2.05) is 24.3 Å². The molecule has 1 heterocycles. The van der Waals surface area contributed by atoms with E-state index in [1.165, 1.54) is 32.1 Å². The van der Waals surface area contributed by atoms with Crippen LogP contribution >= 0.6 is 11.6 Å². The third-order valence-corrected chi connectivity index (χ3v) is 3.85. The fraction of sp³-hybridized carbons (Fsp3) is 0.429. The SMILES string of the molecule is Clc1ccc(-c2n[nH]c(C3CCCCC3)n2)cc1. The topological polar surface area (TPSA) is 41.6 Å². The van der Waals surface area contributed by atoms with Crippen LogP contribution in [0.1, 0.15) is 43.8 Å². The van der Waals surface area contributed by atoms with Crippen molar-refractivity contribution in [2.45, 2.75) is 38.0 Å². The molecule has 0 bridgehead atoms. The predicted molar refractivity (Wildman–Crippen MR) is 72.7 cm³/mol. The van der Waals surface area contributed by atoms with Crippen molar-refractivity contribution in [3.63, 3.8) is 0 Å². The summed E-state index contributed by atoms with van der Waals surface area (Å²) in [5, 5.41) is 8.14. The van der Waals surface area contributed by atoms with Crippen molar-refractivity contribution in [1.29, 1.82) is 0 Å². The van der Waals surface area contributed by atoms with E-state index < -0.39 is 0 Å². The Labute approximate surface area is 112 Å². The van der Waals surface area contributed by atoms with Gasteiger partial charge in [-0.05, 0) is 37.1 Å². The zero-order chi connectivity index (χ0) is 12.4. The molecule has 0 saturated heterocycles. The van der Waals surface area contributed by atoms with Crippen molar-refractivity contribution in [2.24, 2.45) is 0 Å². The van der Waals surface area contributed by atoms with Crippen LogP contribution in [0.4, 0.5) is 0 Å². The Balaban J connectivity index is 1.82. The highest BCUT2D eigenvalue weighted by molar-refractivity contribution is 6.30. The molecule has 1 aliphatic rings. The van der Waals surface area contributed by atoms with Crippen LogP contribution in [0.15, 0.2) is 24.3 Å². The van der Waals surface area contributed by atoms with Crippen molar-refractivity contribution in [2.75, 3.05) is 0 Å². The molecular weight excluding hydrogens is 246 g/mol. The lowest BCUT2D eigenvalue weighted by molar-refractivity contribution is 0.429. The highest BCUT2D eigenvalue weighted by atomic mass is 35.5. The molecule has 2 aromatic rings. The first-order valence-electron chi connectivity index (χ1n) is 6.51. The molecule has 1 aliphatic carbocycles. The Kier molecular flexibility index (Phi) is 3.33. The summed E-state index contributed by atoms with van der Waals surface area (Å²) in [4.78, 5) is 4.62. The Hall–Kier alpha value is -1.35. The minimum absolute atomic E-state index is 0.562. The smallest absolute Gasteiger partial charge is 0.181 e. The van der Waals surface area contributed by atoms with Gasteiger partial charge in [-0.2, -0.15) is 5.10 Å². The first-order valence-corrected chi connectivity index (χ1v) is 6.89. The number of aromatic amines is 1. The number of hydrogen-bond donors (Lipinski definition) is 1. The average molecular weight is 262 g/mol. The van der Waals surface area contributed by atoms with Crippen molar-refractivity contribution in [3.05, 3.63) is 35.1 Å². The third kappa shape index (κ3) is 2.41. The minimum Gasteiger partial charge on any atom is -0.262 e. The van der Waals surface area contributed by atoms with Gasteiger partial charge in [0.15, 0.2) is 5.82 Å². The van der Waals surface area contributed by atoms with Crippen molar-refractivity contribution < 1.29 is 0 Å². The zero-order valence-electron chi connectivity index (χ0n) is 10.2. The van der Waals surface area contributed by atoms with Gasteiger partial charge in [-0.25, -0.2) is 4.98 Å². The van der Waals surface area contributed by atoms with E-state index in [0.29, 0.717) is 5.92 Å². The van der Waals surface area contributed by atoms with Crippen molar-refractivity contribution in [3.8, 4) is 11.4 Å². The Morgan fingerprint density at radius 2 is 1.78 bits per heavy atom. The van der Waals surface area contributed by atoms with Crippen molar-refractivity contribution in [1.82, 2.24) is 15.2 Å². The number of halogens is 1. The molecule has 0 unspecified atom stereocenters. The number of aromatic nitrogens is 3. The van der Waals surface area contributed by atoms with Gasteiger partial charge in [0.2, 0.25) is 0 Å². The van der Waals surface area contributed by atoms with E-state index in [1.54, 1.807) is 0 Å². The van der Waals surface area contributed by atoms with Crippen LogP contribution in [0.5, 0.6) is 0 Å². The quantitative estimate of drug-likeness (QED) is 0.881. The fourth-order valence-corrected chi connectivity index (χ4v) is 2.69. The van der Waals surface area contributed by atoms with Gasteiger partial charge in [-0.1, -0.05) is 30.9 Å². The van der Waals surface area contributed by atoms with Crippen LogP contribution in [-0.4, -0.2) is 15.2 Å². The number of nitrogens with one attached hydrogen (secondary N) is 1. The monoisotopic (exact) mass is 261 g/mol. The maximum absolute atomic E-state index is 5.88. The van der Waals surface area contributed by atoms with Gasteiger partial charge in [0.25, 0.3) is 0 Å². The van der Waals surface area contributed by atoms with Crippen LogP contribution in [0.2, 0.25) is 5.02 Å². The lowest BCUT2D eigenvalue weighted by Gasteiger charge is -2.18. The molecule has 1 fully saturated rings. The summed E-state index contributed by atoms with van der Waals surface area (Å²) in [7, 11) is 0. The molecule has 1 aromatic heterocycles. The van der Waals surface area contributed by atoms with Gasteiger partial charge in [0.05, 0.1) is 0 Å². The van der Waals surface area contributed by atoms with Crippen LogP contribution in [0.25, 0.3) is 11.4 Å². The van der Waals surface area contributed by atoms with Gasteiger partial charge >= 0.3 is 0 Å². The molecule has 94 valence electrons. The molecule has 0 amide bonds. The molecule has 0 atom stereocenters. The molecule has 3 nitrogen and oxygen atoms in total. The second-order valence-corrected chi connectivity index (χ2v) is 5.32. The molecule has 4 heteroatoms. The maximum atomic E-state index is 5.88. The first kappa shape index (κ1) is 11.7. The highest BCUT2D eigenvalue weighted by Crippen LogP contribution is 2.31. The fourth-order valence-electron chi connectivity index (χ4n) is 2.56. The Morgan fingerprint density at radius 1 is 1.06 bits per heavy atom. The average Bonchev–Trinajstić information content (AvgIpc) is 2.90. The predicted octanol–water partition coefficient (Wildman–Crippen LogP) is 4.17. The van der Waals surface area contributed by atoms with E-state index in [0.717, 1.165) is 22.2 Å². The van der Waals surface area contributed by atoms with Gasteiger partial charge in [-0.3, -0.25) is 5.10 Å². The molecule has 0 spiro atoms. The Bertz CT molecular complexity index is 512. The summed E-state index contributed by atoms with van der Waals surface area (Å²) in [5.74, 6) is 2.37. The standard InChI is InChI=1S/C14H16ClN3/c15-12-8-6-11(7-9-12)14-16-13(17-18-14)10-4-2-1-3-5-10/h6-10H,1-5H2,(H,16,17,18). The number of hydrogen-bond acceptors (Lipinski definition) is 2. The lowest BCUT2D eigenvalue weighted by atomic mass is 9.89.